The van der Waals surface area contributed by atoms with Crippen LogP contribution in [0, 0.1) is 5.92 Å². The molecule has 5 nitrogen and oxygen atoms in total. The first-order valence-corrected chi connectivity index (χ1v) is 9.97. The van der Waals surface area contributed by atoms with Gasteiger partial charge in [-0.05, 0) is 36.1 Å². The molecule has 1 fully saturated rings. The van der Waals surface area contributed by atoms with E-state index in [-0.39, 0.29) is 13.0 Å². The number of barbiturate groups is 1. The maximum absolute atomic E-state index is 13.2. The molecule has 3 aromatic carbocycles. The van der Waals surface area contributed by atoms with Gasteiger partial charge in [0.1, 0.15) is 5.92 Å². The average Bonchev–Trinajstić information content (AvgIpc) is 2.79. The summed E-state index contributed by atoms with van der Waals surface area (Å²) in [7, 11) is 0. The van der Waals surface area contributed by atoms with Crippen molar-refractivity contribution in [3.63, 3.8) is 0 Å². The second-order valence-electron chi connectivity index (χ2n) is 7.26. The predicted molar refractivity (Wildman–Crippen MR) is 115 cm³/mol. The van der Waals surface area contributed by atoms with Gasteiger partial charge in [-0.2, -0.15) is 0 Å². The molecule has 1 aliphatic heterocycles. The lowest BCUT2D eigenvalue weighted by atomic mass is 9.94. The van der Waals surface area contributed by atoms with E-state index in [9.17, 15) is 14.4 Å². The van der Waals surface area contributed by atoms with Crippen LogP contribution in [-0.4, -0.2) is 29.3 Å². The molecular weight excluding hydrogens is 376 g/mol. The molecule has 5 heteroatoms. The number of anilines is 1. The number of hydrogen-bond acceptors (Lipinski definition) is 3. The summed E-state index contributed by atoms with van der Waals surface area (Å²) in [5, 5.41) is 0. The third-order valence-electron chi connectivity index (χ3n) is 5.27. The zero-order valence-electron chi connectivity index (χ0n) is 16.5. The Kier molecular flexibility index (Phi) is 5.70. The van der Waals surface area contributed by atoms with Crippen LogP contribution in [0.15, 0.2) is 91.0 Å². The number of nitrogens with zero attached hydrogens (tertiary/aromatic N) is 2. The summed E-state index contributed by atoms with van der Waals surface area (Å²) in [4.78, 5) is 42.0. The van der Waals surface area contributed by atoms with Crippen molar-refractivity contribution in [2.75, 3.05) is 11.4 Å². The quantitative estimate of drug-likeness (QED) is 0.588. The fraction of sp³-hybridized carbons (Fsp3) is 0.160. The molecule has 1 aliphatic rings. The number of rotatable bonds is 6. The molecule has 4 amide bonds. The molecule has 1 unspecified atom stereocenters. The van der Waals surface area contributed by atoms with Gasteiger partial charge in [-0.3, -0.25) is 14.5 Å². The first-order valence-electron chi connectivity index (χ1n) is 9.97. The van der Waals surface area contributed by atoms with Gasteiger partial charge in [-0.15, -0.1) is 0 Å². The summed E-state index contributed by atoms with van der Waals surface area (Å²) in [6.45, 7) is 0.226. The number of carbonyl (C=O) groups is 3. The van der Waals surface area contributed by atoms with Crippen molar-refractivity contribution in [2.24, 2.45) is 5.92 Å². The Hall–Kier alpha value is -3.73. The fourth-order valence-electron chi connectivity index (χ4n) is 3.69. The summed E-state index contributed by atoms with van der Waals surface area (Å²) in [5.41, 5.74) is 2.39. The SMILES string of the molecule is O=C1C(Cc2ccccc2)C(=O)N(c2ccccc2)C(=O)N1CCc1ccccc1. The number of imide groups is 2. The second-order valence-corrected chi connectivity index (χ2v) is 7.26. The number of urea groups is 1. The molecule has 0 N–H and O–H groups in total. The smallest absolute Gasteiger partial charge is 0.273 e. The number of para-hydroxylation sites is 1. The van der Waals surface area contributed by atoms with Crippen LogP contribution in [-0.2, 0) is 22.4 Å². The Morgan fingerprint density at radius 2 is 1.17 bits per heavy atom. The highest BCUT2D eigenvalue weighted by atomic mass is 16.2. The second kappa shape index (κ2) is 8.74. The third-order valence-corrected chi connectivity index (χ3v) is 5.27. The summed E-state index contributed by atoms with van der Waals surface area (Å²) < 4.78 is 0. The standard InChI is InChI=1S/C25H22N2O3/c28-23-22(18-20-12-6-2-7-13-20)24(29)27(21-14-8-3-9-15-21)25(30)26(23)17-16-19-10-4-1-5-11-19/h1-15,22H,16-18H2. The molecule has 0 aliphatic carbocycles. The molecule has 1 atom stereocenters. The highest BCUT2D eigenvalue weighted by Gasteiger charge is 2.46. The normalized spacial score (nSPS) is 16.8. The van der Waals surface area contributed by atoms with Gasteiger partial charge >= 0.3 is 6.03 Å². The van der Waals surface area contributed by atoms with Crippen molar-refractivity contribution in [3.8, 4) is 0 Å². The molecule has 150 valence electrons. The van der Waals surface area contributed by atoms with Crippen LogP contribution in [0.4, 0.5) is 10.5 Å². The van der Waals surface area contributed by atoms with Crippen LogP contribution in [0.3, 0.4) is 0 Å². The Morgan fingerprint density at radius 3 is 1.77 bits per heavy atom. The Morgan fingerprint density at radius 1 is 0.633 bits per heavy atom. The highest BCUT2D eigenvalue weighted by Crippen LogP contribution is 2.27. The van der Waals surface area contributed by atoms with Crippen LogP contribution in [0.25, 0.3) is 0 Å². The minimum atomic E-state index is -0.930. The molecule has 0 radical (unpaired) electrons. The first kappa shape index (κ1) is 19.6. The monoisotopic (exact) mass is 398 g/mol. The zero-order valence-corrected chi connectivity index (χ0v) is 16.5. The molecule has 3 aromatic rings. The van der Waals surface area contributed by atoms with E-state index in [0.717, 1.165) is 16.0 Å². The van der Waals surface area contributed by atoms with Crippen molar-refractivity contribution < 1.29 is 14.4 Å². The molecule has 0 saturated carbocycles. The summed E-state index contributed by atoms with van der Waals surface area (Å²) in [6, 6.07) is 27.3. The van der Waals surface area contributed by atoms with Gasteiger partial charge in [0.25, 0.3) is 0 Å². The molecular formula is C25H22N2O3. The summed E-state index contributed by atoms with van der Waals surface area (Å²) in [6.07, 6.45) is 0.796. The third kappa shape index (κ3) is 4.01. The van der Waals surface area contributed by atoms with Crippen LogP contribution < -0.4 is 4.90 Å². The van der Waals surface area contributed by atoms with E-state index >= 15 is 0 Å². The van der Waals surface area contributed by atoms with Crippen molar-refractivity contribution >= 4 is 23.5 Å². The van der Waals surface area contributed by atoms with Crippen LogP contribution in [0.5, 0.6) is 0 Å². The number of hydrogen-bond donors (Lipinski definition) is 0. The maximum atomic E-state index is 13.2. The highest BCUT2D eigenvalue weighted by molar-refractivity contribution is 6.27. The maximum Gasteiger partial charge on any atom is 0.338 e. The number of amides is 4. The van der Waals surface area contributed by atoms with E-state index in [1.165, 1.54) is 4.90 Å². The van der Waals surface area contributed by atoms with Gasteiger partial charge in [0, 0.05) is 6.54 Å². The van der Waals surface area contributed by atoms with E-state index in [1.807, 2.05) is 66.7 Å². The lowest BCUT2D eigenvalue weighted by Gasteiger charge is -2.37. The van der Waals surface area contributed by atoms with Gasteiger partial charge in [0.15, 0.2) is 0 Å². The van der Waals surface area contributed by atoms with Gasteiger partial charge in [-0.25, -0.2) is 9.69 Å². The Bertz CT molecular complexity index is 1040. The summed E-state index contributed by atoms with van der Waals surface area (Å²) >= 11 is 0. The largest absolute Gasteiger partial charge is 0.338 e. The van der Waals surface area contributed by atoms with Crippen LogP contribution in [0.1, 0.15) is 11.1 Å². The summed E-state index contributed by atoms with van der Waals surface area (Å²) in [5.74, 6) is -1.84. The molecule has 4 rings (SSSR count). The zero-order chi connectivity index (χ0) is 20.9. The van der Waals surface area contributed by atoms with Crippen molar-refractivity contribution in [1.82, 2.24) is 4.90 Å². The van der Waals surface area contributed by atoms with E-state index in [4.69, 9.17) is 0 Å². The minimum absolute atomic E-state index is 0.226. The number of carbonyl (C=O) groups excluding carboxylic acids is 3. The van der Waals surface area contributed by atoms with Crippen LogP contribution in [0.2, 0.25) is 0 Å². The van der Waals surface area contributed by atoms with Gasteiger partial charge in [0.05, 0.1) is 5.69 Å². The lowest BCUT2D eigenvalue weighted by Crippen LogP contribution is -2.60. The van der Waals surface area contributed by atoms with Crippen molar-refractivity contribution in [3.05, 3.63) is 102 Å². The van der Waals surface area contributed by atoms with Gasteiger partial charge in [0.2, 0.25) is 11.8 Å². The topological polar surface area (TPSA) is 57.7 Å². The lowest BCUT2D eigenvalue weighted by molar-refractivity contribution is -0.140. The Balaban J connectivity index is 1.65. The fourth-order valence-corrected chi connectivity index (χ4v) is 3.69. The minimum Gasteiger partial charge on any atom is -0.273 e. The Labute approximate surface area is 175 Å². The van der Waals surface area contributed by atoms with E-state index in [0.29, 0.717) is 12.1 Å². The number of benzene rings is 3. The molecule has 30 heavy (non-hydrogen) atoms. The molecule has 0 aromatic heterocycles. The molecule has 0 bridgehead atoms. The van der Waals surface area contributed by atoms with Crippen LogP contribution >= 0.6 is 0 Å². The van der Waals surface area contributed by atoms with Gasteiger partial charge < -0.3 is 0 Å². The van der Waals surface area contributed by atoms with E-state index in [2.05, 4.69) is 0 Å². The first-order chi connectivity index (χ1) is 14.6. The molecule has 0 spiro atoms. The average molecular weight is 398 g/mol. The van der Waals surface area contributed by atoms with Crippen molar-refractivity contribution in [2.45, 2.75) is 12.8 Å². The van der Waals surface area contributed by atoms with Gasteiger partial charge in [-0.1, -0.05) is 78.9 Å². The molecule has 1 saturated heterocycles. The predicted octanol–water partition coefficient (Wildman–Crippen LogP) is 4.08. The molecule has 1 heterocycles. The van der Waals surface area contributed by atoms with E-state index < -0.39 is 23.8 Å². The van der Waals surface area contributed by atoms with E-state index in [1.54, 1.807) is 24.3 Å². The van der Waals surface area contributed by atoms with Crippen molar-refractivity contribution in [1.29, 1.82) is 0 Å².